The molecule has 0 aliphatic carbocycles. The van der Waals surface area contributed by atoms with Gasteiger partial charge in [-0.25, -0.2) is 9.18 Å². The van der Waals surface area contributed by atoms with Crippen LogP contribution in [0, 0.1) is 11.2 Å². The minimum Gasteiger partial charge on any atom is -0.481 e. The summed E-state index contributed by atoms with van der Waals surface area (Å²) in [4.78, 5) is 21.8. The van der Waals surface area contributed by atoms with Crippen molar-refractivity contribution in [1.29, 1.82) is 0 Å². The quantitative estimate of drug-likeness (QED) is 0.806. The molecular formula is C12H13FO4S. The predicted octanol–water partition coefficient (Wildman–Crippen LogP) is 2.73. The molecule has 18 heavy (non-hydrogen) atoms. The lowest BCUT2D eigenvalue weighted by Crippen LogP contribution is -2.26. The van der Waals surface area contributed by atoms with Crippen molar-refractivity contribution in [2.24, 2.45) is 5.41 Å². The third-order valence-corrected chi connectivity index (χ3v) is 3.84. The van der Waals surface area contributed by atoms with Crippen molar-refractivity contribution >= 4 is 23.7 Å². The van der Waals surface area contributed by atoms with Gasteiger partial charge in [0.2, 0.25) is 0 Å². The van der Waals surface area contributed by atoms with Gasteiger partial charge in [0.1, 0.15) is 5.82 Å². The number of halogens is 1. The molecule has 1 aromatic carbocycles. The molecule has 0 saturated heterocycles. The smallest absolute Gasteiger partial charge is 0.335 e. The Labute approximate surface area is 108 Å². The highest BCUT2D eigenvalue weighted by Gasteiger charge is 2.27. The zero-order chi connectivity index (χ0) is 13.9. The van der Waals surface area contributed by atoms with Crippen LogP contribution in [-0.2, 0) is 4.79 Å². The SMILES string of the molecule is CC(C)(CSc1cc(C(=O)O)ccc1F)C(=O)O. The maximum absolute atomic E-state index is 13.4. The van der Waals surface area contributed by atoms with Crippen LogP contribution in [0.2, 0.25) is 0 Å². The lowest BCUT2D eigenvalue weighted by molar-refractivity contribution is -0.145. The van der Waals surface area contributed by atoms with Gasteiger partial charge in [0, 0.05) is 10.6 Å². The summed E-state index contributed by atoms with van der Waals surface area (Å²) in [6.45, 7) is 3.06. The molecule has 0 aliphatic heterocycles. The molecule has 1 rings (SSSR count). The molecule has 0 radical (unpaired) electrons. The van der Waals surface area contributed by atoms with Crippen molar-refractivity contribution in [2.45, 2.75) is 18.7 Å². The average Bonchev–Trinajstić information content (AvgIpc) is 2.27. The van der Waals surface area contributed by atoms with E-state index in [0.717, 1.165) is 17.8 Å². The standard InChI is InChI=1S/C12H13FO4S/c1-12(2,11(16)17)6-18-9-5-7(10(14)15)3-4-8(9)13/h3-5H,6H2,1-2H3,(H,14,15)(H,16,17). The Balaban J connectivity index is 2.88. The second-order valence-electron chi connectivity index (χ2n) is 4.43. The molecule has 0 heterocycles. The van der Waals surface area contributed by atoms with Gasteiger partial charge in [0.25, 0.3) is 0 Å². The number of hydrogen-bond donors (Lipinski definition) is 2. The fourth-order valence-corrected chi connectivity index (χ4v) is 2.12. The third-order valence-electron chi connectivity index (χ3n) is 2.35. The number of thioether (sulfide) groups is 1. The van der Waals surface area contributed by atoms with Gasteiger partial charge in [-0.3, -0.25) is 4.79 Å². The highest BCUT2D eigenvalue weighted by molar-refractivity contribution is 7.99. The number of rotatable bonds is 5. The van der Waals surface area contributed by atoms with Crippen molar-refractivity contribution in [1.82, 2.24) is 0 Å². The molecule has 4 nitrogen and oxygen atoms in total. The highest BCUT2D eigenvalue weighted by atomic mass is 32.2. The molecule has 0 bridgehead atoms. The van der Waals surface area contributed by atoms with E-state index in [4.69, 9.17) is 10.2 Å². The lowest BCUT2D eigenvalue weighted by Gasteiger charge is -2.18. The summed E-state index contributed by atoms with van der Waals surface area (Å²) in [5, 5.41) is 17.7. The van der Waals surface area contributed by atoms with Crippen molar-refractivity contribution in [3.8, 4) is 0 Å². The van der Waals surface area contributed by atoms with E-state index in [-0.39, 0.29) is 16.2 Å². The van der Waals surface area contributed by atoms with E-state index < -0.39 is 23.2 Å². The van der Waals surface area contributed by atoms with Crippen molar-refractivity contribution in [3.63, 3.8) is 0 Å². The first-order chi connectivity index (χ1) is 8.24. The van der Waals surface area contributed by atoms with E-state index in [1.807, 2.05) is 0 Å². The Bertz CT molecular complexity index is 485. The van der Waals surface area contributed by atoms with E-state index in [9.17, 15) is 14.0 Å². The summed E-state index contributed by atoms with van der Waals surface area (Å²) < 4.78 is 13.4. The normalized spacial score (nSPS) is 11.3. The molecule has 0 fully saturated rings. The van der Waals surface area contributed by atoms with Crippen LogP contribution >= 0.6 is 11.8 Å². The number of hydrogen-bond acceptors (Lipinski definition) is 3. The van der Waals surface area contributed by atoms with Crippen LogP contribution in [0.25, 0.3) is 0 Å². The summed E-state index contributed by atoms with van der Waals surface area (Å²) in [5.74, 6) is -2.52. The van der Waals surface area contributed by atoms with Crippen molar-refractivity contribution in [2.75, 3.05) is 5.75 Å². The van der Waals surface area contributed by atoms with Crippen LogP contribution in [0.1, 0.15) is 24.2 Å². The van der Waals surface area contributed by atoms with Crippen molar-refractivity contribution in [3.05, 3.63) is 29.6 Å². The van der Waals surface area contributed by atoms with E-state index in [1.165, 1.54) is 26.0 Å². The highest BCUT2D eigenvalue weighted by Crippen LogP contribution is 2.30. The zero-order valence-electron chi connectivity index (χ0n) is 9.94. The van der Waals surface area contributed by atoms with Crippen LogP contribution in [0.15, 0.2) is 23.1 Å². The van der Waals surface area contributed by atoms with Crippen LogP contribution in [0.4, 0.5) is 4.39 Å². The Hall–Kier alpha value is -1.56. The first kappa shape index (κ1) is 14.5. The van der Waals surface area contributed by atoms with Gasteiger partial charge in [0.05, 0.1) is 11.0 Å². The fourth-order valence-electron chi connectivity index (χ4n) is 1.07. The molecule has 0 spiro atoms. The van der Waals surface area contributed by atoms with E-state index >= 15 is 0 Å². The van der Waals surface area contributed by atoms with Gasteiger partial charge < -0.3 is 10.2 Å². The molecule has 98 valence electrons. The van der Waals surface area contributed by atoms with Gasteiger partial charge >= 0.3 is 11.9 Å². The number of carboxylic acid groups (broad SMARTS) is 2. The monoisotopic (exact) mass is 272 g/mol. The second kappa shape index (κ2) is 5.39. The van der Waals surface area contributed by atoms with Crippen LogP contribution < -0.4 is 0 Å². The molecular weight excluding hydrogens is 259 g/mol. The van der Waals surface area contributed by atoms with Gasteiger partial charge in [-0.05, 0) is 32.0 Å². The average molecular weight is 272 g/mol. The third kappa shape index (κ3) is 3.46. The van der Waals surface area contributed by atoms with Crippen LogP contribution in [-0.4, -0.2) is 27.9 Å². The summed E-state index contributed by atoms with van der Waals surface area (Å²) in [6, 6.07) is 3.45. The molecule has 6 heteroatoms. The molecule has 0 atom stereocenters. The number of carboxylic acids is 2. The molecule has 0 aliphatic rings. The number of aromatic carboxylic acids is 1. The molecule has 0 aromatic heterocycles. The summed E-state index contributed by atoms with van der Waals surface area (Å²) in [6.07, 6.45) is 0. The topological polar surface area (TPSA) is 74.6 Å². The Morgan fingerprint density at radius 2 is 1.94 bits per heavy atom. The number of carbonyl (C=O) groups is 2. The molecule has 0 saturated carbocycles. The Kier molecular flexibility index (Phi) is 4.34. The molecule has 2 N–H and O–H groups in total. The Morgan fingerprint density at radius 3 is 2.44 bits per heavy atom. The number of aliphatic carboxylic acids is 1. The van der Waals surface area contributed by atoms with Gasteiger partial charge in [-0.2, -0.15) is 0 Å². The van der Waals surface area contributed by atoms with E-state index in [0.29, 0.717) is 0 Å². The van der Waals surface area contributed by atoms with Crippen molar-refractivity contribution < 1.29 is 24.2 Å². The van der Waals surface area contributed by atoms with Gasteiger partial charge in [-0.1, -0.05) is 0 Å². The second-order valence-corrected chi connectivity index (χ2v) is 5.45. The van der Waals surface area contributed by atoms with Gasteiger partial charge in [-0.15, -0.1) is 11.8 Å². The first-order valence-electron chi connectivity index (χ1n) is 5.13. The molecule has 0 unspecified atom stereocenters. The van der Waals surface area contributed by atoms with Crippen LogP contribution in [0.3, 0.4) is 0 Å². The molecule has 0 amide bonds. The maximum atomic E-state index is 13.4. The zero-order valence-corrected chi connectivity index (χ0v) is 10.8. The summed E-state index contributed by atoms with van der Waals surface area (Å²) in [5.41, 5.74) is -1.02. The van der Waals surface area contributed by atoms with Gasteiger partial charge in [0.15, 0.2) is 0 Å². The number of benzene rings is 1. The largest absolute Gasteiger partial charge is 0.481 e. The van der Waals surface area contributed by atoms with Crippen LogP contribution in [0.5, 0.6) is 0 Å². The predicted molar refractivity (Wildman–Crippen MR) is 65.5 cm³/mol. The van der Waals surface area contributed by atoms with E-state index in [2.05, 4.69) is 0 Å². The molecule has 1 aromatic rings. The van der Waals surface area contributed by atoms with E-state index in [1.54, 1.807) is 0 Å². The Morgan fingerprint density at radius 1 is 1.33 bits per heavy atom. The summed E-state index contributed by atoms with van der Waals surface area (Å²) >= 11 is 0.995. The first-order valence-corrected chi connectivity index (χ1v) is 6.11. The lowest BCUT2D eigenvalue weighted by atomic mass is 9.97. The minimum atomic E-state index is -1.14. The minimum absolute atomic E-state index is 0.0213. The summed E-state index contributed by atoms with van der Waals surface area (Å²) in [7, 11) is 0. The fraction of sp³-hybridized carbons (Fsp3) is 0.333. The maximum Gasteiger partial charge on any atom is 0.335 e.